The van der Waals surface area contributed by atoms with E-state index in [1.54, 1.807) is 21.3 Å². The van der Waals surface area contributed by atoms with Gasteiger partial charge >= 0.3 is 0 Å². The summed E-state index contributed by atoms with van der Waals surface area (Å²) < 4.78 is 16.2. The molecular formula is C15H24N2O3S. The van der Waals surface area contributed by atoms with Crippen LogP contribution in [0.1, 0.15) is 11.6 Å². The van der Waals surface area contributed by atoms with Crippen LogP contribution in [0.15, 0.2) is 12.1 Å². The fourth-order valence-corrected chi connectivity index (χ4v) is 3.61. The van der Waals surface area contributed by atoms with E-state index in [4.69, 9.17) is 19.9 Å². The van der Waals surface area contributed by atoms with Crippen LogP contribution in [0.2, 0.25) is 0 Å². The lowest BCUT2D eigenvalue weighted by Gasteiger charge is -2.34. The van der Waals surface area contributed by atoms with Crippen molar-refractivity contribution >= 4 is 11.8 Å². The summed E-state index contributed by atoms with van der Waals surface area (Å²) in [6, 6.07) is 4.18. The first-order chi connectivity index (χ1) is 10.2. The van der Waals surface area contributed by atoms with E-state index in [1.165, 1.54) is 0 Å². The Morgan fingerprint density at radius 3 is 2.10 bits per heavy atom. The lowest BCUT2D eigenvalue weighted by Crippen LogP contribution is -2.39. The van der Waals surface area contributed by atoms with Gasteiger partial charge in [0.25, 0.3) is 0 Å². The van der Waals surface area contributed by atoms with Gasteiger partial charge in [-0.3, -0.25) is 4.90 Å². The lowest BCUT2D eigenvalue weighted by molar-refractivity contribution is 0.221. The van der Waals surface area contributed by atoms with Crippen molar-refractivity contribution in [2.45, 2.75) is 6.04 Å². The minimum atomic E-state index is 0.180. The number of thioether (sulfide) groups is 1. The third-order valence-corrected chi connectivity index (χ3v) is 4.72. The van der Waals surface area contributed by atoms with E-state index in [1.807, 2.05) is 23.9 Å². The van der Waals surface area contributed by atoms with E-state index in [0.717, 1.165) is 30.2 Å². The smallest absolute Gasteiger partial charge is 0.203 e. The summed E-state index contributed by atoms with van der Waals surface area (Å²) in [7, 11) is 4.88. The predicted molar refractivity (Wildman–Crippen MR) is 86.8 cm³/mol. The van der Waals surface area contributed by atoms with Crippen molar-refractivity contribution in [3.05, 3.63) is 17.7 Å². The number of benzene rings is 1. The Balaban J connectivity index is 2.36. The summed E-state index contributed by atoms with van der Waals surface area (Å²) in [6.07, 6.45) is 0. The predicted octanol–water partition coefficient (Wildman–Crippen LogP) is 1.76. The molecule has 0 bridgehead atoms. The van der Waals surface area contributed by atoms with Gasteiger partial charge in [0.05, 0.1) is 21.3 Å². The van der Waals surface area contributed by atoms with Gasteiger partial charge in [-0.25, -0.2) is 0 Å². The van der Waals surface area contributed by atoms with Crippen LogP contribution < -0.4 is 19.9 Å². The Labute approximate surface area is 130 Å². The summed E-state index contributed by atoms with van der Waals surface area (Å²) in [5, 5.41) is 0. The largest absolute Gasteiger partial charge is 0.493 e. The molecule has 5 nitrogen and oxygen atoms in total. The van der Waals surface area contributed by atoms with Crippen LogP contribution in [-0.4, -0.2) is 57.4 Å². The highest BCUT2D eigenvalue weighted by molar-refractivity contribution is 7.99. The number of ether oxygens (including phenoxy) is 3. The van der Waals surface area contributed by atoms with Crippen molar-refractivity contribution in [1.29, 1.82) is 0 Å². The molecular weight excluding hydrogens is 288 g/mol. The summed E-state index contributed by atoms with van der Waals surface area (Å²) in [4.78, 5) is 2.43. The van der Waals surface area contributed by atoms with Crippen LogP contribution >= 0.6 is 11.8 Å². The summed E-state index contributed by atoms with van der Waals surface area (Å²) >= 11 is 1.99. The number of nitrogens with two attached hydrogens (primary N) is 1. The van der Waals surface area contributed by atoms with Crippen LogP contribution in [0.3, 0.4) is 0 Å². The summed E-state index contributed by atoms with van der Waals surface area (Å²) in [5.41, 5.74) is 7.14. The van der Waals surface area contributed by atoms with Crippen LogP contribution in [0.25, 0.3) is 0 Å². The Bertz CT molecular complexity index is 439. The highest BCUT2D eigenvalue weighted by Gasteiger charge is 2.24. The molecule has 21 heavy (non-hydrogen) atoms. The van der Waals surface area contributed by atoms with Crippen molar-refractivity contribution in [3.63, 3.8) is 0 Å². The second-order valence-corrected chi connectivity index (χ2v) is 6.08. The Morgan fingerprint density at radius 1 is 1.10 bits per heavy atom. The van der Waals surface area contributed by atoms with Crippen LogP contribution in [-0.2, 0) is 0 Å². The van der Waals surface area contributed by atoms with Crippen molar-refractivity contribution in [1.82, 2.24) is 4.90 Å². The Hall–Kier alpha value is -1.11. The Morgan fingerprint density at radius 2 is 1.67 bits per heavy atom. The molecule has 1 saturated heterocycles. The normalized spacial score (nSPS) is 17.3. The molecule has 1 aromatic rings. The van der Waals surface area contributed by atoms with Crippen molar-refractivity contribution in [3.8, 4) is 17.2 Å². The lowest BCUT2D eigenvalue weighted by atomic mass is 10.0. The maximum atomic E-state index is 6.03. The van der Waals surface area contributed by atoms with Gasteiger partial charge in [0.2, 0.25) is 5.75 Å². The van der Waals surface area contributed by atoms with Gasteiger partial charge < -0.3 is 19.9 Å². The number of hydrogen-bond donors (Lipinski definition) is 1. The quantitative estimate of drug-likeness (QED) is 0.864. The molecule has 1 aromatic carbocycles. The van der Waals surface area contributed by atoms with E-state index in [9.17, 15) is 0 Å². The van der Waals surface area contributed by atoms with Crippen LogP contribution in [0.5, 0.6) is 17.2 Å². The maximum absolute atomic E-state index is 6.03. The van der Waals surface area contributed by atoms with Gasteiger partial charge in [0.1, 0.15) is 0 Å². The minimum absolute atomic E-state index is 0.180. The minimum Gasteiger partial charge on any atom is -0.493 e. The molecule has 118 valence electrons. The standard InChI is InChI=1S/C15H24N2O3S/c1-18-13-8-11(9-14(19-2)15(13)20-3)12(10-16)17-4-6-21-7-5-17/h8-9,12H,4-7,10,16H2,1-3H3. The molecule has 0 amide bonds. The van der Waals surface area contributed by atoms with Crippen LogP contribution in [0, 0.1) is 0 Å². The first kappa shape index (κ1) is 16.3. The molecule has 0 aromatic heterocycles. The van der Waals surface area contributed by atoms with E-state index in [0.29, 0.717) is 23.8 Å². The molecule has 0 aliphatic carbocycles. The van der Waals surface area contributed by atoms with Crippen molar-refractivity contribution in [2.75, 3.05) is 52.5 Å². The second-order valence-electron chi connectivity index (χ2n) is 4.86. The second kappa shape index (κ2) is 7.77. The summed E-state index contributed by atoms with van der Waals surface area (Å²) in [6.45, 7) is 2.69. The zero-order valence-corrected chi connectivity index (χ0v) is 13.7. The molecule has 0 radical (unpaired) electrons. The number of rotatable bonds is 6. The molecule has 6 heteroatoms. The molecule has 1 aliphatic rings. The molecule has 1 heterocycles. The first-order valence-electron chi connectivity index (χ1n) is 7.06. The average Bonchev–Trinajstić information content (AvgIpc) is 2.55. The highest BCUT2D eigenvalue weighted by Crippen LogP contribution is 2.40. The third kappa shape index (κ3) is 3.56. The number of nitrogens with zero attached hydrogens (tertiary/aromatic N) is 1. The van der Waals surface area contributed by atoms with E-state index >= 15 is 0 Å². The molecule has 0 spiro atoms. The highest BCUT2D eigenvalue weighted by atomic mass is 32.2. The molecule has 1 fully saturated rings. The zero-order valence-electron chi connectivity index (χ0n) is 12.9. The molecule has 2 N–H and O–H groups in total. The van der Waals surface area contributed by atoms with Crippen LogP contribution in [0.4, 0.5) is 0 Å². The fraction of sp³-hybridized carbons (Fsp3) is 0.600. The zero-order chi connectivity index (χ0) is 15.2. The van der Waals surface area contributed by atoms with Crippen molar-refractivity contribution < 1.29 is 14.2 Å². The van der Waals surface area contributed by atoms with Crippen molar-refractivity contribution in [2.24, 2.45) is 5.73 Å². The molecule has 1 atom stereocenters. The fourth-order valence-electron chi connectivity index (χ4n) is 2.68. The van der Waals surface area contributed by atoms with Gasteiger partial charge in [0.15, 0.2) is 11.5 Å². The number of methoxy groups -OCH3 is 3. The van der Waals surface area contributed by atoms with E-state index in [2.05, 4.69) is 4.90 Å². The average molecular weight is 312 g/mol. The third-order valence-electron chi connectivity index (χ3n) is 3.78. The van der Waals surface area contributed by atoms with Gasteiger partial charge in [-0.05, 0) is 17.7 Å². The number of hydrogen-bond acceptors (Lipinski definition) is 6. The van der Waals surface area contributed by atoms with Gasteiger partial charge in [-0.15, -0.1) is 0 Å². The maximum Gasteiger partial charge on any atom is 0.203 e. The monoisotopic (exact) mass is 312 g/mol. The topological polar surface area (TPSA) is 57.0 Å². The molecule has 0 saturated carbocycles. The summed E-state index contributed by atoms with van der Waals surface area (Å²) in [5.74, 6) is 4.28. The Kier molecular flexibility index (Phi) is 6.02. The molecule has 2 rings (SSSR count). The van der Waals surface area contributed by atoms with Gasteiger partial charge in [0, 0.05) is 37.2 Å². The SMILES string of the molecule is COc1cc(C(CN)N2CCSCC2)cc(OC)c1OC. The molecule has 1 unspecified atom stereocenters. The van der Waals surface area contributed by atoms with E-state index in [-0.39, 0.29) is 6.04 Å². The molecule has 1 aliphatic heterocycles. The van der Waals surface area contributed by atoms with E-state index < -0.39 is 0 Å². The van der Waals surface area contributed by atoms with Gasteiger partial charge in [-0.1, -0.05) is 0 Å². The van der Waals surface area contributed by atoms with Gasteiger partial charge in [-0.2, -0.15) is 11.8 Å². The first-order valence-corrected chi connectivity index (χ1v) is 8.22.